The fraction of sp³-hybridized carbons (Fsp3) is 0.357. The first-order valence-electron chi connectivity index (χ1n) is 12.1. The summed E-state index contributed by atoms with van der Waals surface area (Å²) in [5, 5.41) is -0.0586. The molecular weight excluding hydrogens is 628 g/mol. The van der Waals surface area contributed by atoms with Gasteiger partial charge in [-0.25, -0.2) is 23.9 Å². The summed E-state index contributed by atoms with van der Waals surface area (Å²) >= 11 is 15.9. The van der Waals surface area contributed by atoms with Gasteiger partial charge in [-0.05, 0) is 88.7 Å². The van der Waals surface area contributed by atoms with E-state index in [2.05, 4.69) is 25.9 Å². The van der Waals surface area contributed by atoms with Gasteiger partial charge in [-0.15, -0.1) is 0 Å². The number of benzene rings is 1. The fourth-order valence-electron chi connectivity index (χ4n) is 3.42. The smallest absolute Gasteiger partial charge is 0.425 e. The van der Waals surface area contributed by atoms with Crippen molar-refractivity contribution >= 4 is 57.1 Å². The van der Waals surface area contributed by atoms with Crippen molar-refractivity contribution in [1.82, 2.24) is 9.97 Å². The number of hydrogen-bond acceptors (Lipinski definition) is 7. The number of aromatic nitrogens is 2. The molecule has 1 aromatic carbocycles. The zero-order valence-electron chi connectivity index (χ0n) is 23.0. The highest BCUT2D eigenvalue weighted by molar-refractivity contribution is 9.10. The van der Waals surface area contributed by atoms with E-state index >= 15 is 0 Å². The summed E-state index contributed by atoms with van der Waals surface area (Å²) in [7, 11) is 0. The molecule has 0 spiro atoms. The van der Waals surface area contributed by atoms with Gasteiger partial charge < -0.3 is 14.2 Å². The van der Waals surface area contributed by atoms with Gasteiger partial charge in [-0.1, -0.05) is 29.3 Å². The van der Waals surface area contributed by atoms with Crippen molar-refractivity contribution in [1.29, 1.82) is 0 Å². The number of anilines is 1. The average Bonchev–Trinajstić information content (AvgIpc) is 2.81. The van der Waals surface area contributed by atoms with Crippen LogP contribution in [0.2, 0.25) is 10.0 Å². The van der Waals surface area contributed by atoms with Crippen LogP contribution in [0.25, 0.3) is 11.1 Å². The third kappa shape index (κ3) is 8.05. The number of nitrogens with zero attached hydrogens (tertiary/aromatic N) is 3. The van der Waals surface area contributed by atoms with Crippen LogP contribution in [0.15, 0.2) is 47.3 Å². The molecule has 1 atom stereocenters. The van der Waals surface area contributed by atoms with Crippen LogP contribution >= 0.6 is 39.1 Å². The Labute approximate surface area is 250 Å². The Morgan fingerprint density at radius 1 is 0.925 bits per heavy atom. The number of ether oxygens (including phenoxy) is 3. The maximum Gasteiger partial charge on any atom is 0.425 e. The lowest BCUT2D eigenvalue weighted by molar-refractivity contribution is 0.0426. The van der Waals surface area contributed by atoms with Gasteiger partial charge >= 0.3 is 12.2 Å². The summed E-state index contributed by atoms with van der Waals surface area (Å²) in [4.78, 5) is 36.0. The van der Waals surface area contributed by atoms with Crippen molar-refractivity contribution in [2.24, 2.45) is 0 Å². The lowest BCUT2D eigenvalue weighted by Gasteiger charge is -2.29. The highest BCUT2D eigenvalue weighted by Crippen LogP contribution is 2.39. The van der Waals surface area contributed by atoms with Crippen LogP contribution in [0.4, 0.5) is 19.8 Å². The molecule has 0 fully saturated rings. The molecule has 0 radical (unpaired) electrons. The van der Waals surface area contributed by atoms with E-state index in [1.807, 2.05) is 0 Å². The number of rotatable bonds is 5. The molecule has 12 heteroatoms. The molecular formula is C28H29BrCl2FN3O5. The maximum absolute atomic E-state index is 14.3. The molecule has 0 aliphatic carbocycles. The summed E-state index contributed by atoms with van der Waals surface area (Å²) in [5.41, 5.74) is -0.501. The Bertz CT molecular complexity index is 1380. The van der Waals surface area contributed by atoms with Crippen molar-refractivity contribution < 1.29 is 28.2 Å². The van der Waals surface area contributed by atoms with Gasteiger partial charge in [-0.2, -0.15) is 4.90 Å². The van der Waals surface area contributed by atoms with E-state index in [9.17, 15) is 14.0 Å². The summed E-state index contributed by atoms with van der Waals surface area (Å²) in [5.74, 6) is -0.928. The van der Waals surface area contributed by atoms with Crippen molar-refractivity contribution in [3.63, 3.8) is 0 Å². The van der Waals surface area contributed by atoms with Crippen LogP contribution in [0.5, 0.6) is 5.75 Å². The van der Waals surface area contributed by atoms with Crippen LogP contribution in [0.1, 0.15) is 60.1 Å². The SMILES string of the molecule is CC(Oc1cc(-c2ccc(Br)nc2)cnc1N(C(=O)OC(C)(C)C)C(=O)OC(C)(C)C)c1c(Cl)ccc(F)c1Cl. The van der Waals surface area contributed by atoms with Crippen LogP contribution in [-0.2, 0) is 9.47 Å². The van der Waals surface area contributed by atoms with E-state index < -0.39 is 35.3 Å². The second-order valence-electron chi connectivity index (χ2n) is 10.7. The summed E-state index contributed by atoms with van der Waals surface area (Å²) in [6.07, 6.45) is 0.0436. The predicted octanol–water partition coefficient (Wildman–Crippen LogP) is 9.17. The number of pyridine rings is 2. The van der Waals surface area contributed by atoms with E-state index in [1.165, 1.54) is 12.3 Å². The molecule has 0 saturated heterocycles. The molecule has 2 heterocycles. The van der Waals surface area contributed by atoms with Gasteiger partial charge in [0.05, 0.1) is 5.02 Å². The monoisotopic (exact) mass is 655 g/mol. The molecule has 8 nitrogen and oxygen atoms in total. The fourth-order valence-corrected chi connectivity index (χ4v) is 4.34. The average molecular weight is 657 g/mol. The quantitative estimate of drug-likeness (QED) is 0.200. The molecule has 1 unspecified atom stereocenters. The highest BCUT2D eigenvalue weighted by atomic mass is 79.9. The van der Waals surface area contributed by atoms with Gasteiger partial charge in [0.15, 0.2) is 11.6 Å². The molecule has 3 rings (SSSR count). The highest BCUT2D eigenvalue weighted by Gasteiger charge is 2.36. The zero-order valence-corrected chi connectivity index (χ0v) is 26.1. The number of carbonyl (C=O) groups excluding carboxylic acids is 2. The molecule has 3 aromatic rings. The number of hydrogen-bond donors (Lipinski definition) is 0. The first kappa shape index (κ1) is 31.6. The van der Waals surface area contributed by atoms with Gasteiger partial charge in [0.25, 0.3) is 0 Å². The second kappa shape index (κ2) is 12.3. The maximum atomic E-state index is 14.3. The standard InChI is InChI=1S/C28H29BrCl2FN3O5/c1-15(22-18(30)9-10-19(32)23(22)31)38-20-12-17(16-8-11-21(29)33-13-16)14-34-24(20)35(25(36)39-27(2,3)4)26(37)40-28(5,6)7/h8-15H,1-7H3. The van der Waals surface area contributed by atoms with Gasteiger partial charge in [0.2, 0.25) is 0 Å². The third-order valence-electron chi connectivity index (χ3n) is 5.05. The molecule has 214 valence electrons. The largest absolute Gasteiger partial charge is 0.482 e. The number of amides is 2. The molecule has 40 heavy (non-hydrogen) atoms. The normalized spacial score (nSPS) is 12.5. The Balaban J connectivity index is 2.20. The first-order chi connectivity index (χ1) is 18.5. The predicted molar refractivity (Wildman–Crippen MR) is 156 cm³/mol. The van der Waals surface area contributed by atoms with Crippen molar-refractivity contribution in [3.8, 4) is 16.9 Å². The summed E-state index contributed by atoms with van der Waals surface area (Å²) in [6, 6.07) is 7.59. The van der Waals surface area contributed by atoms with Crippen LogP contribution in [-0.4, -0.2) is 33.4 Å². The van der Waals surface area contributed by atoms with Gasteiger partial charge in [-0.3, -0.25) is 0 Å². The van der Waals surface area contributed by atoms with Crippen LogP contribution < -0.4 is 9.64 Å². The van der Waals surface area contributed by atoms with E-state index in [0.29, 0.717) is 20.6 Å². The molecule has 0 aliphatic rings. The van der Waals surface area contributed by atoms with Crippen LogP contribution in [0.3, 0.4) is 0 Å². The lowest BCUT2D eigenvalue weighted by Crippen LogP contribution is -2.44. The molecule has 2 aromatic heterocycles. The summed E-state index contributed by atoms with van der Waals surface area (Å²) in [6.45, 7) is 11.5. The molecule has 0 N–H and O–H groups in total. The van der Waals surface area contributed by atoms with E-state index in [4.69, 9.17) is 37.4 Å². The third-order valence-corrected chi connectivity index (χ3v) is 6.23. The van der Waals surface area contributed by atoms with Gasteiger partial charge in [0.1, 0.15) is 27.7 Å². The summed E-state index contributed by atoms with van der Waals surface area (Å²) < 4.78 is 32.1. The van der Waals surface area contributed by atoms with Crippen molar-refractivity contribution in [2.75, 3.05) is 4.90 Å². The van der Waals surface area contributed by atoms with E-state index in [0.717, 1.165) is 6.07 Å². The number of imide groups is 1. The Hall–Kier alpha value is -2.95. The minimum absolute atomic E-state index is 0.0268. The Kier molecular flexibility index (Phi) is 9.70. The van der Waals surface area contributed by atoms with E-state index in [1.54, 1.807) is 72.9 Å². The first-order valence-corrected chi connectivity index (χ1v) is 13.7. The molecule has 0 saturated carbocycles. The molecule has 0 bridgehead atoms. The van der Waals surface area contributed by atoms with Crippen LogP contribution in [0, 0.1) is 5.82 Å². The Morgan fingerprint density at radius 3 is 2.02 bits per heavy atom. The minimum atomic E-state index is -1.04. The zero-order chi connectivity index (χ0) is 30.0. The number of halogens is 4. The van der Waals surface area contributed by atoms with Crippen molar-refractivity contribution in [2.45, 2.75) is 65.8 Å². The number of carbonyl (C=O) groups is 2. The lowest BCUT2D eigenvalue weighted by atomic mass is 10.1. The van der Waals surface area contributed by atoms with E-state index in [-0.39, 0.29) is 27.2 Å². The van der Waals surface area contributed by atoms with Gasteiger partial charge in [0, 0.05) is 34.1 Å². The Morgan fingerprint density at radius 2 is 1.50 bits per heavy atom. The minimum Gasteiger partial charge on any atom is -0.482 e. The van der Waals surface area contributed by atoms with Crippen molar-refractivity contribution in [3.05, 3.63) is 68.8 Å². The molecule has 2 amide bonds. The molecule has 0 aliphatic heterocycles. The topological polar surface area (TPSA) is 90.9 Å². The second-order valence-corrected chi connectivity index (χ2v) is 12.3.